The van der Waals surface area contributed by atoms with Gasteiger partial charge in [0.25, 0.3) is 0 Å². The standard InChI is InChI=1S/C9H15NO3S/c1-4-5-6-8(14(12)13)7(2)9(11)10-3/h4-7H,1-3H3,(H,10,11)(H,12,13). The van der Waals surface area contributed by atoms with Gasteiger partial charge in [0.2, 0.25) is 5.91 Å². The highest BCUT2D eigenvalue weighted by molar-refractivity contribution is 7.83. The molecule has 14 heavy (non-hydrogen) atoms. The maximum atomic E-state index is 11.2. The van der Waals surface area contributed by atoms with E-state index in [0.29, 0.717) is 0 Å². The van der Waals surface area contributed by atoms with Crippen molar-refractivity contribution >= 4 is 17.0 Å². The molecular weight excluding hydrogens is 202 g/mol. The molecule has 2 atom stereocenters. The molecule has 0 heterocycles. The van der Waals surface area contributed by atoms with E-state index < -0.39 is 17.0 Å². The summed E-state index contributed by atoms with van der Waals surface area (Å²) >= 11 is -2.11. The Morgan fingerprint density at radius 3 is 2.50 bits per heavy atom. The highest BCUT2D eigenvalue weighted by atomic mass is 32.2. The molecule has 2 N–H and O–H groups in total. The molecule has 0 spiro atoms. The molecule has 0 aromatic rings. The monoisotopic (exact) mass is 217 g/mol. The first-order chi connectivity index (χ1) is 6.54. The zero-order valence-corrected chi connectivity index (χ0v) is 9.30. The van der Waals surface area contributed by atoms with Gasteiger partial charge in [-0.3, -0.25) is 4.79 Å². The lowest BCUT2D eigenvalue weighted by molar-refractivity contribution is -0.122. The van der Waals surface area contributed by atoms with Crippen LogP contribution in [0.3, 0.4) is 0 Å². The van der Waals surface area contributed by atoms with Gasteiger partial charge in [0.05, 0.1) is 10.8 Å². The van der Waals surface area contributed by atoms with Crippen LogP contribution in [0.1, 0.15) is 13.8 Å². The van der Waals surface area contributed by atoms with E-state index in [0.717, 1.165) is 0 Å². The molecule has 4 nitrogen and oxygen atoms in total. The van der Waals surface area contributed by atoms with Crippen molar-refractivity contribution in [2.75, 3.05) is 7.05 Å². The summed E-state index contributed by atoms with van der Waals surface area (Å²) in [5.74, 6) is -0.870. The van der Waals surface area contributed by atoms with Gasteiger partial charge in [0.15, 0.2) is 11.1 Å². The first-order valence-corrected chi connectivity index (χ1v) is 5.30. The molecule has 0 saturated carbocycles. The second kappa shape index (κ2) is 6.50. The minimum Gasteiger partial charge on any atom is -0.359 e. The maximum absolute atomic E-state index is 11.2. The third-order valence-electron chi connectivity index (χ3n) is 1.72. The molecule has 0 fully saturated rings. The van der Waals surface area contributed by atoms with Crippen LogP contribution in [0, 0.1) is 5.92 Å². The normalized spacial score (nSPS) is 16.7. The predicted octanol–water partition coefficient (Wildman–Crippen LogP) is 1.05. The molecule has 0 rings (SSSR count). The van der Waals surface area contributed by atoms with E-state index in [9.17, 15) is 9.00 Å². The summed E-state index contributed by atoms with van der Waals surface area (Å²) in [5.41, 5.74) is 0. The van der Waals surface area contributed by atoms with Gasteiger partial charge in [-0.05, 0) is 19.9 Å². The average molecular weight is 217 g/mol. The fourth-order valence-corrected chi connectivity index (χ4v) is 1.50. The molecule has 0 radical (unpaired) electrons. The van der Waals surface area contributed by atoms with Crippen molar-refractivity contribution in [3.63, 3.8) is 0 Å². The smallest absolute Gasteiger partial charge is 0.227 e. The molecular formula is C9H15NO3S. The first-order valence-electron chi connectivity index (χ1n) is 4.19. The number of carbonyl (C=O) groups is 1. The van der Waals surface area contributed by atoms with Crippen LogP contribution in [-0.2, 0) is 15.9 Å². The van der Waals surface area contributed by atoms with Crippen molar-refractivity contribution in [1.82, 2.24) is 5.32 Å². The van der Waals surface area contributed by atoms with Gasteiger partial charge in [-0.2, -0.15) is 0 Å². The summed E-state index contributed by atoms with van der Waals surface area (Å²) in [7, 11) is 1.49. The number of nitrogens with one attached hydrogen (secondary N) is 1. The number of amides is 1. The van der Waals surface area contributed by atoms with Crippen LogP contribution in [0.2, 0.25) is 0 Å². The zero-order chi connectivity index (χ0) is 11.1. The number of rotatable bonds is 4. The molecule has 0 aliphatic rings. The third-order valence-corrected chi connectivity index (χ3v) is 2.61. The molecule has 2 unspecified atom stereocenters. The van der Waals surface area contributed by atoms with E-state index in [1.165, 1.54) is 13.1 Å². The molecule has 5 heteroatoms. The van der Waals surface area contributed by atoms with Gasteiger partial charge >= 0.3 is 0 Å². The molecule has 0 aromatic carbocycles. The van der Waals surface area contributed by atoms with Gasteiger partial charge in [-0.15, -0.1) is 0 Å². The van der Waals surface area contributed by atoms with Crippen molar-refractivity contribution in [3.8, 4) is 0 Å². The van der Waals surface area contributed by atoms with Crippen molar-refractivity contribution < 1.29 is 13.6 Å². The Kier molecular flexibility index (Phi) is 6.07. The van der Waals surface area contributed by atoms with Gasteiger partial charge in [0, 0.05) is 7.05 Å². The van der Waals surface area contributed by atoms with Crippen LogP contribution in [0.25, 0.3) is 0 Å². The van der Waals surface area contributed by atoms with Crippen LogP contribution in [-0.4, -0.2) is 21.7 Å². The fourth-order valence-electron chi connectivity index (χ4n) is 0.891. The Balaban J connectivity index is 4.83. The van der Waals surface area contributed by atoms with Crippen molar-refractivity contribution in [2.45, 2.75) is 13.8 Å². The third kappa shape index (κ3) is 3.85. The van der Waals surface area contributed by atoms with Gasteiger partial charge in [-0.1, -0.05) is 12.2 Å². The minimum atomic E-state index is -2.11. The highest BCUT2D eigenvalue weighted by Gasteiger charge is 2.19. The summed E-state index contributed by atoms with van der Waals surface area (Å²) in [6, 6.07) is 0. The zero-order valence-electron chi connectivity index (χ0n) is 8.48. The topological polar surface area (TPSA) is 66.4 Å². The lowest BCUT2D eigenvalue weighted by Crippen LogP contribution is -2.27. The lowest BCUT2D eigenvalue weighted by Gasteiger charge is -2.10. The van der Waals surface area contributed by atoms with E-state index in [1.54, 1.807) is 26.0 Å². The Labute approximate surface area is 86.4 Å². The minimum absolute atomic E-state index is 0.197. The summed E-state index contributed by atoms with van der Waals surface area (Å²) in [6.45, 7) is 3.38. The number of hydrogen-bond donors (Lipinski definition) is 2. The summed E-state index contributed by atoms with van der Waals surface area (Å²) in [4.78, 5) is 11.4. The number of hydrogen-bond acceptors (Lipinski definition) is 2. The second-order valence-electron chi connectivity index (χ2n) is 2.68. The van der Waals surface area contributed by atoms with Gasteiger partial charge < -0.3 is 9.87 Å². The summed E-state index contributed by atoms with van der Waals surface area (Å²) in [6.07, 6.45) is 4.84. The van der Waals surface area contributed by atoms with Crippen LogP contribution in [0.4, 0.5) is 0 Å². The van der Waals surface area contributed by atoms with Crippen LogP contribution in [0.15, 0.2) is 23.1 Å². The Bertz CT molecular complexity index is 284. The Hall–Kier alpha value is -0.940. The van der Waals surface area contributed by atoms with E-state index >= 15 is 0 Å². The molecule has 1 amide bonds. The Morgan fingerprint density at radius 2 is 2.14 bits per heavy atom. The fraction of sp³-hybridized carbons (Fsp3) is 0.444. The molecule has 80 valence electrons. The molecule has 0 aliphatic carbocycles. The molecule has 0 saturated heterocycles. The second-order valence-corrected chi connectivity index (χ2v) is 3.65. The summed E-state index contributed by atoms with van der Waals surface area (Å²) < 4.78 is 19.8. The largest absolute Gasteiger partial charge is 0.359 e. The van der Waals surface area contributed by atoms with Crippen molar-refractivity contribution in [2.24, 2.45) is 5.92 Å². The molecule has 0 aliphatic heterocycles. The highest BCUT2D eigenvalue weighted by Crippen LogP contribution is 2.13. The lowest BCUT2D eigenvalue weighted by atomic mass is 10.1. The van der Waals surface area contributed by atoms with Crippen molar-refractivity contribution in [3.05, 3.63) is 23.1 Å². The van der Waals surface area contributed by atoms with Crippen LogP contribution < -0.4 is 5.32 Å². The quantitative estimate of drug-likeness (QED) is 0.546. The van der Waals surface area contributed by atoms with Crippen molar-refractivity contribution in [1.29, 1.82) is 0 Å². The predicted molar refractivity (Wildman–Crippen MR) is 56.9 cm³/mol. The average Bonchev–Trinajstić information content (AvgIpc) is 2.16. The number of carbonyl (C=O) groups excluding carboxylic acids is 1. The van der Waals surface area contributed by atoms with E-state index in [4.69, 9.17) is 4.55 Å². The van der Waals surface area contributed by atoms with Crippen LogP contribution in [0.5, 0.6) is 0 Å². The number of allylic oxidation sites excluding steroid dienone is 3. The van der Waals surface area contributed by atoms with Crippen LogP contribution >= 0.6 is 0 Å². The maximum Gasteiger partial charge on any atom is 0.227 e. The first kappa shape index (κ1) is 13.1. The van der Waals surface area contributed by atoms with E-state index in [1.807, 2.05) is 0 Å². The molecule has 0 bridgehead atoms. The van der Waals surface area contributed by atoms with Gasteiger partial charge in [-0.25, -0.2) is 4.21 Å². The van der Waals surface area contributed by atoms with E-state index in [-0.39, 0.29) is 10.8 Å². The van der Waals surface area contributed by atoms with Gasteiger partial charge in [0.1, 0.15) is 0 Å². The summed E-state index contributed by atoms with van der Waals surface area (Å²) in [5, 5.41) is 2.43. The SMILES string of the molecule is CC=CC=C(C(C)C(=O)NC)S(=O)O. The molecule has 0 aromatic heterocycles. The Morgan fingerprint density at radius 1 is 1.57 bits per heavy atom. The van der Waals surface area contributed by atoms with E-state index in [2.05, 4.69) is 5.32 Å².